The van der Waals surface area contributed by atoms with Crippen LogP contribution >= 0.6 is 0 Å². The predicted octanol–water partition coefficient (Wildman–Crippen LogP) is 3.43. The van der Waals surface area contributed by atoms with Gasteiger partial charge in [-0.25, -0.2) is 8.78 Å². The van der Waals surface area contributed by atoms with E-state index in [-0.39, 0.29) is 5.69 Å². The van der Waals surface area contributed by atoms with Crippen LogP contribution in [0.5, 0.6) is 0 Å². The molecule has 0 aliphatic carbocycles. The summed E-state index contributed by atoms with van der Waals surface area (Å²) in [5, 5.41) is 2.80. The number of nitrogens with one attached hydrogen (secondary N) is 1. The fraction of sp³-hybridized carbons (Fsp3) is 0.0667. The average molecular weight is 243 g/mol. The highest BCUT2D eigenvalue weighted by atomic mass is 19.1. The SMILES string of the molecule is Fc1ccc(NCC#Cc2ccccc2)c(F)c1. The standard InChI is InChI=1S/C15H11F2N/c16-13-8-9-15(14(17)11-13)18-10-4-7-12-5-2-1-3-6-12/h1-3,5-6,8-9,11,18H,10H2. The topological polar surface area (TPSA) is 12.0 Å². The third kappa shape index (κ3) is 3.33. The first-order valence-electron chi connectivity index (χ1n) is 5.48. The smallest absolute Gasteiger partial charge is 0.149 e. The monoisotopic (exact) mass is 243 g/mol. The molecule has 2 rings (SSSR count). The molecule has 0 spiro atoms. The Morgan fingerprint density at radius 2 is 1.78 bits per heavy atom. The first-order valence-corrected chi connectivity index (χ1v) is 5.48. The van der Waals surface area contributed by atoms with E-state index < -0.39 is 11.6 Å². The van der Waals surface area contributed by atoms with Crippen LogP contribution in [0.3, 0.4) is 0 Å². The summed E-state index contributed by atoms with van der Waals surface area (Å²) in [6, 6.07) is 12.9. The van der Waals surface area contributed by atoms with Crippen molar-refractivity contribution in [1.29, 1.82) is 0 Å². The van der Waals surface area contributed by atoms with E-state index >= 15 is 0 Å². The van der Waals surface area contributed by atoms with Gasteiger partial charge >= 0.3 is 0 Å². The molecule has 0 saturated heterocycles. The van der Waals surface area contributed by atoms with Crippen molar-refractivity contribution in [2.24, 2.45) is 0 Å². The molecule has 2 aromatic carbocycles. The lowest BCUT2D eigenvalue weighted by molar-refractivity contribution is 0.585. The largest absolute Gasteiger partial charge is 0.372 e. The molecule has 1 N–H and O–H groups in total. The Morgan fingerprint density at radius 3 is 2.50 bits per heavy atom. The van der Waals surface area contributed by atoms with Crippen LogP contribution in [-0.2, 0) is 0 Å². The Balaban J connectivity index is 1.95. The van der Waals surface area contributed by atoms with Crippen molar-refractivity contribution in [3.05, 3.63) is 65.7 Å². The number of hydrogen-bond donors (Lipinski definition) is 1. The summed E-state index contributed by atoms with van der Waals surface area (Å²) in [4.78, 5) is 0. The van der Waals surface area contributed by atoms with Crippen LogP contribution in [-0.4, -0.2) is 6.54 Å². The van der Waals surface area contributed by atoms with Gasteiger partial charge in [0.05, 0.1) is 12.2 Å². The van der Waals surface area contributed by atoms with E-state index in [1.807, 2.05) is 30.3 Å². The van der Waals surface area contributed by atoms with Crippen LogP contribution in [0.15, 0.2) is 48.5 Å². The molecule has 0 aromatic heterocycles. The zero-order valence-corrected chi connectivity index (χ0v) is 9.58. The molecule has 0 heterocycles. The van der Waals surface area contributed by atoms with E-state index in [0.29, 0.717) is 6.54 Å². The molecule has 1 nitrogen and oxygen atoms in total. The van der Waals surface area contributed by atoms with E-state index in [4.69, 9.17) is 0 Å². The number of anilines is 1. The number of rotatable bonds is 2. The molecular formula is C15H11F2N. The van der Waals surface area contributed by atoms with Crippen LogP contribution < -0.4 is 5.32 Å². The maximum Gasteiger partial charge on any atom is 0.149 e. The first kappa shape index (κ1) is 12.1. The lowest BCUT2D eigenvalue weighted by Gasteiger charge is -2.03. The molecule has 0 bridgehead atoms. The minimum absolute atomic E-state index is 0.249. The van der Waals surface area contributed by atoms with Crippen molar-refractivity contribution in [1.82, 2.24) is 0 Å². The van der Waals surface area contributed by atoms with Gasteiger partial charge in [-0.3, -0.25) is 0 Å². The van der Waals surface area contributed by atoms with Crippen molar-refractivity contribution < 1.29 is 8.78 Å². The van der Waals surface area contributed by atoms with E-state index in [1.165, 1.54) is 12.1 Å². The maximum absolute atomic E-state index is 13.3. The zero-order valence-electron chi connectivity index (χ0n) is 9.58. The van der Waals surface area contributed by atoms with Crippen molar-refractivity contribution in [2.75, 3.05) is 11.9 Å². The zero-order chi connectivity index (χ0) is 12.8. The summed E-state index contributed by atoms with van der Waals surface area (Å²) >= 11 is 0. The maximum atomic E-state index is 13.3. The van der Waals surface area contributed by atoms with Crippen LogP contribution in [0.25, 0.3) is 0 Å². The molecular weight excluding hydrogens is 232 g/mol. The molecule has 0 unspecified atom stereocenters. The normalized spacial score (nSPS) is 9.44. The van der Waals surface area contributed by atoms with Gasteiger partial charge in [-0.2, -0.15) is 0 Å². The fourth-order valence-corrected chi connectivity index (χ4v) is 1.44. The van der Waals surface area contributed by atoms with Crippen LogP contribution in [0.4, 0.5) is 14.5 Å². The Kier molecular flexibility index (Phi) is 3.93. The second kappa shape index (κ2) is 5.83. The summed E-state index contributed by atoms with van der Waals surface area (Å²) in [7, 11) is 0. The van der Waals surface area contributed by atoms with Crippen molar-refractivity contribution in [2.45, 2.75) is 0 Å². The highest BCUT2D eigenvalue weighted by molar-refractivity contribution is 5.46. The van der Waals surface area contributed by atoms with Gasteiger partial charge in [0.2, 0.25) is 0 Å². The Hall–Kier alpha value is -2.34. The highest BCUT2D eigenvalue weighted by Gasteiger charge is 2.01. The summed E-state index contributed by atoms with van der Waals surface area (Å²) in [6.07, 6.45) is 0. The Morgan fingerprint density at radius 1 is 1.00 bits per heavy atom. The molecule has 0 radical (unpaired) electrons. The lowest BCUT2D eigenvalue weighted by Crippen LogP contribution is -2.01. The third-order valence-electron chi connectivity index (χ3n) is 2.30. The van der Waals surface area contributed by atoms with Crippen molar-refractivity contribution >= 4 is 5.69 Å². The van der Waals surface area contributed by atoms with Gasteiger partial charge in [0.25, 0.3) is 0 Å². The number of benzene rings is 2. The molecule has 0 aliphatic heterocycles. The first-order chi connectivity index (χ1) is 8.75. The van der Waals surface area contributed by atoms with Gasteiger partial charge in [-0.15, -0.1) is 0 Å². The van der Waals surface area contributed by atoms with Crippen molar-refractivity contribution in [3.63, 3.8) is 0 Å². The highest BCUT2D eigenvalue weighted by Crippen LogP contribution is 2.14. The van der Waals surface area contributed by atoms with Crippen molar-refractivity contribution in [3.8, 4) is 11.8 Å². The molecule has 3 heteroatoms. The minimum atomic E-state index is -0.614. The molecule has 90 valence electrons. The lowest BCUT2D eigenvalue weighted by atomic mass is 10.2. The van der Waals surface area contributed by atoms with Gasteiger partial charge < -0.3 is 5.32 Å². The summed E-state index contributed by atoms with van der Waals surface area (Å²) in [5.74, 6) is 4.60. The number of halogens is 2. The Bertz CT molecular complexity index is 582. The average Bonchev–Trinajstić information content (AvgIpc) is 2.38. The Labute approximate surface area is 104 Å². The van der Waals surface area contributed by atoms with Gasteiger partial charge in [0.1, 0.15) is 11.6 Å². The minimum Gasteiger partial charge on any atom is -0.372 e. The molecule has 18 heavy (non-hydrogen) atoms. The fourth-order valence-electron chi connectivity index (χ4n) is 1.44. The quantitative estimate of drug-likeness (QED) is 0.797. The van der Waals surface area contributed by atoms with Crippen LogP contribution in [0.2, 0.25) is 0 Å². The van der Waals surface area contributed by atoms with E-state index in [1.54, 1.807) is 0 Å². The van der Waals surface area contributed by atoms with Gasteiger partial charge in [-0.05, 0) is 24.3 Å². The molecule has 0 fully saturated rings. The number of hydrogen-bond acceptors (Lipinski definition) is 1. The molecule has 0 atom stereocenters. The molecule has 0 aliphatic rings. The second-order valence-corrected chi connectivity index (χ2v) is 3.65. The third-order valence-corrected chi connectivity index (χ3v) is 2.30. The summed E-state index contributed by atoms with van der Waals surface area (Å²) in [6.45, 7) is 0.303. The van der Waals surface area contributed by atoms with E-state index in [9.17, 15) is 8.78 Å². The predicted molar refractivity (Wildman–Crippen MR) is 68.2 cm³/mol. The van der Waals surface area contributed by atoms with Gasteiger partial charge in [-0.1, -0.05) is 30.0 Å². The van der Waals surface area contributed by atoms with Gasteiger partial charge in [0, 0.05) is 11.6 Å². The molecule has 0 saturated carbocycles. The second-order valence-electron chi connectivity index (χ2n) is 3.65. The molecule has 0 amide bonds. The van der Waals surface area contributed by atoms with Crippen LogP contribution in [0, 0.1) is 23.5 Å². The molecule has 2 aromatic rings. The summed E-state index contributed by atoms with van der Waals surface area (Å²) in [5.41, 5.74) is 1.15. The van der Waals surface area contributed by atoms with E-state index in [0.717, 1.165) is 11.6 Å². The van der Waals surface area contributed by atoms with Gasteiger partial charge in [0.15, 0.2) is 0 Å². The van der Waals surface area contributed by atoms with Crippen LogP contribution in [0.1, 0.15) is 5.56 Å². The van der Waals surface area contributed by atoms with E-state index in [2.05, 4.69) is 17.2 Å². The summed E-state index contributed by atoms with van der Waals surface area (Å²) < 4.78 is 25.9.